The molecule has 0 aromatic carbocycles. The third-order valence-electron chi connectivity index (χ3n) is 1.46. The monoisotopic (exact) mass is 137 g/mol. The second-order valence-corrected chi connectivity index (χ2v) is 2.21. The molecule has 56 valence electrons. The lowest BCUT2D eigenvalue weighted by Gasteiger charge is -2.19. The van der Waals surface area contributed by atoms with Gasteiger partial charge in [-0.3, -0.25) is 0 Å². The predicted molar refractivity (Wildman–Crippen MR) is 46.5 cm³/mol. The highest BCUT2D eigenvalue weighted by Gasteiger charge is 1.97. The van der Waals surface area contributed by atoms with Crippen LogP contribution in [0.3, 0.4) is 0 Å². The van der Waals surface area contributed by atoms with Gasteiger partial charge >= 0.3 is 0 Å². The van der Waals surface area contributed by atoms with Gasteiger partial charge < -0.3 is 4.90 Å². The highest BCUT2D eigenvalue weighted by Crippen LogP contribution is 2.07. The van der Waals surface area contributed by atoms with Crippen molar-refractivity contribution in [1.29, 1.82) is 0 Å². The van der Waals surface area contributed by atoms with Crippen LogP contribution in [0.1, 0.15) is 13.8 Å². The summed E-state index contributed by atoms with van der Waals surface area (Å²) in [5.41, 5.74) is 2.11. The van der Waals surface area contributed by atoms with Crippen LogP contribution in [0.2, 0.25) is 0 Å². The number of allylic oxidation sites excluding steroid dienone is 3. The maximum absolute atomic E-state index is 3.81. The van der Waals surface area contributed by atoms with Gasteiger partial charge in [-0.15, -0.1) is 0 Å². The lowest BCUT2D eigenvalue weighted by molar-refractivity contribution is 0.539. The van der Waals surface area contributed by atoms with Gasteiger partial charge in [-0.2, -0.15) is 0 Å². The van der Waals surface area contributed by atoms with Gasteiger partial charge in [0.25, 0.3) is 0 Å². The van der Waals surface area contributed by atoms with E-state index in [0.29, 0.717) is 0 Å². The molecule has 0 fully saturated rings. The Balaban J connectivity index is 4.31. The van der Waals surface area contributed by atoms with Gasteiger partial charge in [0.1, 0.15) is 0 Å². The first-order valence-corrected chi connectivity index (χ1v) is 3.31. The average Bonchev–Trinajstić information content (AvgIpc) is 1.90. The first-order valence-electron chi connectivity index (χ1n) is 3.31. The van der Waals surface area contributed by atoms with Crippen molar-refractivity contribution >= 4 is 0 Å². The smallest absolute Gasteiger partial charge is 0.0356 e. The van der Waals surface area contributed by atoms with E-state index in [4.69, 9.17) is 0 Å². The Bertz CT molecular complexity index is 166. The SMILES string of the molecule is C=C/C(=C/C)N(C)C(=C)C. The minimum absolute atomic E-state index is 1.02. The molecule has 0 atom stereocenters. The van der Waals surface area contributed by atoms with Gasteiger partial charge in [0.05, 0.1) is 0 Å². The molecule has 0 unspecified atom stereocenters. The Hall–Kier alpha value is -0.980. The molecule has 0 heterocycles. The maximum Gasteiger partial charge on any atom is 0.0356 e. The van der Waals surface area contributed by atoms with Crippen molar-refractivity contribution in [2.75, 3.05) is 7.05 Å². The van der Waals surface area contributed by atoms with Crippen LogP contribution in [-0.4, -0.2) is 11.9 Å². The molecule has 0 spiro atoms. The molecule has 0 N–H and O–H groups in total. The van der Waals surface area contributed by atoms with Crippen LogP contribution < -0.4 is 0 Å². The molecule has 0 bridgehead atoms. The number of rotatable bonds is 3. The fourth-order valence-electron chi connectivity index (χ4n) is 0.669. The average molecular weight is 137 g/mol. The molecule has 1 nitrogen and oxygen atoms in total. The molecule has 0 radical (unpaired) electrons. The zero-order valence-electron chi connectivity index (χ0n) is 7.02. The first kappa shape index (κ1) is 9.02. The number of hydrogen-bond acceptors (Lipinski definition) is 1. The van der Waals surface area contributed by atoms with Crippen molar-refractivity contribution in [3.05, 3.63) is 36.7 Å². The van der Waals surface area contributed by atoms with E-state index in [2.05, 4.69) is 13.2 Å². The van der Waals surface area contributed by atoms with Crippen molar-refractivity contribution in [1.82, 2.24) is 4.90 Å². The highest BCUT2D eigenvalue weighted by molar-refractivity contribution is 5.17. The van der Waals surface area contributed by atoms with Crippen LogP contribution in [0.4, 0.5) is 0 Å². The molecular formula is C9H15N. The molecule has 10 heavy (non-hydrogen) atoms. The summed E-state index contributed by atoms with van der Waals surface area (Å²) in [6, 6.07) is 0. The number of nitrogens with zero attached hydrogens (tertiary/aromatic N) is 1. The van der Waals surface area contributed by atoms with Crippen LogP contribution in [0.15, 0.2) is 36.7 Å². The molecule has 0 aliphatic carbocycles. The lowest BCUT2D eigenvalue weighted by atomic mass is 10.3. The Morgan fingerprint density at radius 2 is 2.00 bits per heavy atom. The molecule has 0 aromatic heterocycles. The zero-order chi connectivity index (χ0) is 8.15. The van der Waals surface area contributed by atoms with Gasteiger partial charge in [-0.25, -0.2) is 0 Å². The summed E-state index contributed by atoms with van der Waals surface area (Å²) >= 11 is 0. The zero-order valence-corrected chi connectivity index (χ0v) is 7.02. The Morgan fingerprint density at radius 3 is 2.10 bits per heavy atom. The van der Waals surface area contributed by atoms with E-state index in [9.17, 15) is 0 Å². The van der Waals surface area contributed by atoms with Crippen LogP contribution in [0.5, 0.6) is 0 Å². The lowest BCUT2D eigenvalue weighted by Crippen LogP contribution is -2.12. The molecular weight excluding hydrogens is 122 g/mol. The molecule has 0 saturated carbocycles. The second kappa shape index (κ2) is 3.94. The topological polar surface area (TPSA) is 3.24 Å². The summed E-state index contributed by atoms with van der Waals surface area (Å²) < 4.78 is 0. The fraction of sp³-hybridized carbons (Fsp3) is 0.333. The van der Waals surface area contributed by atoms with Gasteiger partial charge in [-0.1, -0.05) is 19.2 Å². The highest BCUT2D eigenvalue weighted by atomic mass is 15.1. The third-order valence-corrected chi connectivity index (χ3v) is 1.46. The second-order valence-electron chi connectivity index (χ2n) is 2.21. The van der Waals surface area contributed by atoms with Gasteiger partial charge in [0.2, 0.25) is 0 Å². The number of likely N-dealkylation sites (N-methyl/N-ethyl adjacent to an activating group) is 1. The summed E-state index contributed by atoms with van der Waals surface area (Å²) in [5.74, 6) is 0. The van der Waals surface area contributed by atoms with Crippen LogP contribution in [-0.2, 0) is 0 Å². The third kappa shape index (κ3) is 2.09. The minimum Gasteiger partial charge on any atom is -0.349 e. The molecule has 0 aliphatic heterocycles. The van der Waals surface area contributed by atoms with E-state index in [1.807, 2.05) is 37.9 Å². The van der Waals surface area contributed by atoms with Crippen molar-refractivity contribution in [2.24, 2.45) is 0 Å². The first-order chi connectivity index (χ1) is 4.63. The van der Waals surface area contributed by atoms with E-state index >= 15 is 0 Å². The molecule has 0 saturated heterocycles. The Labute approximate surface area is 63.3 Å². The fourth-order valence-corrected chi connectivity index (χ4v) is 0.669. The van der Waals surface area contributed by atoms with Crippen molar-refractivity contribution in [3.63, 3.8) is 0 Å². The standard InChI is InChI=1S/C9H15N/c1-6-9(7-2)10(5)8(3)4/h6-7H,1,3H2,2,4-5H3/b9-7-. The maximum atomic E-state index is 3.81. The largest absolute Gasteiger partial charge is 0.349 e. The summed E-state index contributed by atoms with van der Waals surface area (Å²) in [5, 5.41) is 0. The van der Waals surface area contributed by atoms with E-state index in [1.54, 1.807) is 0 Å². The van der Waals surface area contributed by atoms with Crippen molar-refractivity contribution in [2.45, 2.75) is 13.8 Å². The van der Waals surface area contributed by atoms with E-state index in [0.717, 1.165) is 11.4 Å². The minimum atomic E-state index is 1.02. The summed E-state index contributed by atoms with van der Waals surface area (Å²) in [7, 11) is 1.97. The van der Waals surface area contributed by atoms with Crippen molar-refractivity contribution in [3.8, 4) is 0 Å². The molecule has 0 aromatic rings. The van der Waals surface area contributed by atoms with Crippen LogP contribution in [0, 0.1) is 0 Å². The van der Waals surface area contributed by atoms with Gasteiger partial charge in [0.15, 0.2) is 0 Å². The van der Waals surface area contributed by atoms with E-state index in [1.165, 1.54) is 0 Å². The molecule has 0 amide bonds. The Kier molecular flexibility index (Phi) is 3.55. The van der Waals surface area contributed by atoms with Gasteiger partial charge in [-0.05, 0) is 19.9 Å². The summed E-state index contributed by atoms with van der Waals surface area (Å²) in [6.07, 6.45) is 3.82. The van der Waals surface area contributed by atoms with E-state index in [-0.39, 0.29) is 0 Å². The number of hydrogen-bond donors (Lipinski definition) is 0. The van der Waals surface area contributed by atoms with Crippen molar-refractivity contribution < 1.29 is 0 Å². The van der Waals surface area contributed by atoms with Crippen LogP contribution >= 0.6 is 0 Å². The van der Waals surface area contributed by atoms with Gasteiger partial charge in [0, 0.05) is 18.4 Å². The molecule has 1 heteroatoms. The normalized spacial score (nSPS) is 10.9. The summed E-state index contributed by atoms with van der Waals surface area (Å²) in [4.78, 5) is 1.99. The molecule has 0 aliphatic rings. The quantitative estimate of drug-likeness (QED) is 0.540. The predicted octanol–water partition coefficient (Wildman–Crippen LogP) is 2.54. The van der Waals surface area contributed by atoms with E-state index < -0.39 is 0 Å². The molecule has 0 rings (SSSR count). The van der Waals surface area contributed by atoms with Crippen LogP contribution in [0.25, 0.3) is 0 Å². The Morgan fingerprint density at radius 1 is 1.50 bits per heavy atom. The summed E-state index contributed by atoms with van der Waals surface area (Å²) in [6.45, 7) is 11.4.